The number of unbranched alkanes of at least 4 members (excludes halogenated alkanes) is 9. The maximum atomic E-state index is 6.07. The van der Waals surface area contributed by atoms with Gasteiger partial charge in [0.1, 0.15) is 0 Å². The van der Waals surface area contributed by atoms with E-state index in [1.165, 1.54) is 106 Å². The second kappa shape index (κ2) is 13.5. The number of nitrogens with two attached hydrogens (primary N) is 1. The minimum Gasteiger partial charge on any atom is -0.326 e. The molecule has 0 aliphatic carbocycles. The van der Waals surface area contributed by atoms with Crippen molar-refractivity contribution in [2.45, 2.75) is 111 Å². The molecule has 24 heavy (non-hydrogen) atoms. The molecule has 1 rings (SSSR count). The summed E-state index contributed by atoms with van der Waals surface area (Å²) in [4.78, 5) is 0. The molecule has 0 atom stereocenters. The normalized spacial score (nSPS) is 11.2. The van der Waals surface area contributed by atoms with Crippen LogP contribution in [0.2, 0.25) is 0 Å². The van der Waals surface area contributed by atoms with Crippen LogP contribution in [0.15, 0.2) is 12.1 Å². The number of hydrogen-bond acceptors (Lipinski definition) is 1. The first-order valence-electron chi connectivity index (χ1n) is 10.5. The van der Waals surface area contributed by atoms with Gasteiger partial charge in [-0.3, -0.25) is 0 Å². The van der Waals surface area contributed by atoms with Crippen molar-refractivity contribution in [3.05, 3.63) is 34.4 Å². The lowest BCUT2D eigenvalue weighted by Crippen LogP contribution is -2.07. The molecular formula is C23H41N. The fourth-order valence-corrected chi connectivity index (χ4v) is 3.67. The van der Waals surface area contributed by atoms with Gasteiger partial charge in [0.05, 0.1) is 0 Å². The Morgan fingerprint density at radius 1 is 0.667 bits per heavy atom. The van der Waals surface area contributed by atoms with Crippen LogP contribution in [0.1, 0.15) is 107 Å². The van der Waals surface area contributed by atoms with Crippen LogP contribution in [-0.2, 0) is 19.4 Å². The lowest BCUT2D eigenvalue weighted by atomic mass is 9.91. The molecule has 0 heterocycles. The Morgan fingerprint density at radius 3 is 1.75 bits per heavy atom. The summed E-state index contributed by atoms with van der Waals surface area (Å²) in [5.74, 6) is 0. The van der Waals surface area contributed by atoms with E-state index in [-0.39, 0.29) is 0 Å². The van der Waals surface area contributed by atoms with Crippen LogP contribution >= 0.6 is 0 Å². The minimum absolute atomic E-state index is 0.694. The van der Waals surface area contributed by atoms with E-state index in [1.807, 2.05) is 0 Å². The fraction of sp³-hybridized carbons (Fsp3) is 0.739. The molecule has 0 aliphatic heterocycles. The SMILES string of the molecule is CCCCCCCCCCc1ccc(CCCCC)c(C)c1CN. The van der Waals surface area contributed by atoms with E-state index in [0.717, 1.165) is 0 Å². The summed E-state index contributed by atoms with van der Waals surface area (Å²) in [5, 5.41) is 0. The van der Waals surface area contributed by atoms with Crippen LogP contribution in [-0.4, -0.2) is 0 Å². The van der Waals surface area contributed by atoms with E-state index in [0.29, 0.717) is 6.54 Å². The Morgan fingerprint density at radius 2 is 1.12 bits per heavy atom. The molecule has 0 saturated carbocycles. The van der Waals surface area contributed by atoms with Crippen molar-refractivity contribution in [1.29, 1.82) is 0 Å². The van der Waals surface area contributed by atoms with Crippen LogP contribution in [0.25, 0.3) is 0 Å². The number of rotatable bonds is 14. The Kier molecular flexibility index (Phi) is 11.9. The zero-order valence-electron chi connectivity index (χ0n) is 16.6. The van der Waals surface area contributed by atoms with E-state index >= 15 is 0 Å². The van der Waals surface area contributed by atoms with E-state index in [1.54, 1.807) is 0 Å². The van der Waals surface area contributed by atoms with Crippen molar-refractivity contribution in [1.82, 2.24) is 0 Å². The van der Waals surface area contributed by atoms with Gasteiger partial charge in [0.2, 0.25) is 0 Å². The molecule has 0 radical (unpaired) electrons. The lowest BCUT2D eigenvalue weighted by molar-refractivity contribution is 0.575. The van der Waals surface area contributed by atoms with Crippen LogP contribution in [0.4, 0.5) is 0 Å². The quantitative estimate of drug-likeness (QED) is 0.370. The topological polar surface area (TPSA) is 26.0 Å². The minimum atomic E-state index is 0.694. The highest BCUT2D eigenvalue weighted by Crippen LogP contribution is 2.22. The molecule has 0 fully saturated rings. The van der Waals surface area contributed by atoms with Crippen LogP contribution < -0.4 is 5.73 Å². The third-order valence-corrected chi connectivity index (χ3v) is 5.36. The number of aryl methyl sites for hydroxylation is 2. The molecule has 0 bridgehead atoms. The van der Waals surface area contributed by atoms with Gasteiger partial charge in [-0.2, -0.15) is 0 Å². The second-order valence-electron chi connectivity index (χ2n) is 7.37. The Hall–Kier alpha value is -0.820. The molecule has 1 nitrogen and oxygen atoms in total. The van der Waals surface area contributed by atoms with Gasteiger partial charge in [0.25, 0.3) is 0 Å². The Labute approximate surface area is 151 Å². The summed E-state index contributed by atoms with van der Waals surface area (Å²) >= 11 is 0. The summed E-state index contributed by atoms with van der Waals surface area (Å²) in [6.07, 6.45) is 17.4. The summed E-state index contributed by atoms with van der Waals surface area (Å²) in [6.45, 7) is 7.53. The molecule has 0 amide bonds. The third kappa shape index (κ3) is 7.83. The molecule has 138 valence electrons. The first-order valence-corrected chi connectivity index (χ1v) is 10.5. The number of benzene rings is 1. The van der Waals surface area contributed by atoms with E-state index < -0.39 is 0 Å². The Balaban J connectivity index is 2.40. The smallest absolute Gasteiger partial charge is 0.0183 e. The number of hydrogen-bond donors (Lipinski definition) is 1. The van der Waals surface area contributed by atoms with Gasteiger partial charge in [-0.15, -0.1) is 0 Å². The maximum Gasteiger partial charge on any atom is 0.0183 e. The molecule has 1 heteroatoms. The van der Waals surface area contributed by atoms with Crippen molar-refractivity contribution >= 4 is 0 Å². The molecule has 0 aliphatic rings. The van der Waals surface area contributed by atoms with Crippen molar-refractivity contribution < 1.29 is 0 Å². The average molecular weight is 332 g/mol. The summed E-state index contributed by atoms with van der Waals surface area (Å²) < 4.78 is 0. The molecule has 0 saturated heterocycles. The van der Waals surface area contributed by atoms with E-state index in [2.05, 4.69) is 32.9 Å². The largest absolute Gasteiger partial charge is 0.326 e. The standard InChI is InChI=1S/C23H41N/c1-4-6-8-9-10-11-12-14-16-22-18-17-21(15-13-7-5-2)20(3)23(22)19-24/h17-18H,4-16,19,24H2,1-3H3. The molecule has 2 N–H and O–H groups in total. The molecule has 0 spiro atoms. The zero-order valence-corrected chi connectivity index (χ0v) is 16.6. The maximum absolute atomic E-state index is 6.07. The summed E-state index contributed by atoms with van der Waals surface area (Å²) in [6, 6.07) is 4.72. The predicted molar refractivity (Wildman–Crippen MR) is 109 cm³/mol. The molecule has 0 unspecified atom stereocenters. The summed E-state index contributed by atoms with van der Waals surface area (Å²) in [7, 11) is 0. The molecular weight excluding hydrogens is 290 g/mol. The van der Waals surface area contributed by atoms with Gasteiger partial charge in [-0.1, -0.05) is 83.8 Å². The first kappa shape index (κ1) is 21.2. The van der Waals surface area contributed by atoms with Crippen molar-refractivity contribution in [3.63, 3.8) is 0 Å². The third-order valence-electron chi connectivity index (χ3n) is 5.36. The van der Waals surface area contributed by atoms with Crippen LogP contribution in [0, 0.1) is 6.92 Å². The highest BCUT2D eigenvalue weighted by molar-refractivity contribution is 5.40. The molecule has 0 aromatic heterocycles. The molecule has 1 aromatic carbocycles. The Bertz CT molecular complexity index is 436. The fourth-order valence-electron chi connectivity index (χ4n) is 3.67. The van der Waals surface area contributed by atoms with Crippen molar-refractivity contribution in [2.24, 2.45) is 5.73 Å². The van der Waals surface area contributed by atoms with Crippen LogP contribution in [0.5, 0.6) is 0 Å². The van der Waals surface area contributed by atoms with Gasteiger partial charge < -0.3 is 5.73 Å². The van der Waals surface area contributed by atoms with Gasteiger partial charge in [-0.05, 0) is 54.9 Å². The van der Waals surface area contributed by atoms with Crippen LogP contribution in [0.3, 0.4) is 0 Å². The van der Waals surface area contributed by atoms with E-state index in [4.69, 9.17) is 5.73 Å². The highest BCUT2D eigenvalue weighted by Gasteiger charge is 2.08. The second-order valence-corrected chi connectivity index (χ2v) is 7.37. The van der Waals surface area contributed by atoms with Gasteiger partial charge in [0, 0.05) is 6.54 Å². The highest BCUT2D eigenvalue weighted by atomic mass is 14.5. The van der Waals surface area contributed by atoms with Crippen molar-refractivity contribution in [3.8, 4) is 0 Å². The zero-order chi connectivity index (χ0) is 17.6. The average Bonchev–Trinajstić information content (AvgIpc) is 2.59. The first-order chi connectivity index (χ1) is 11.7. The summed E-state index contributed by atoms with van der Waals surface area (Å²) in [5.41, 5.74) is 12.0. The van der Waals surface area contributed by atoms with Gasteiger partial charge >= 0.3 is 0 Å². The predicted octanol–water partition coefficient (Wildman–Crippen LogP) is 6.87. The van der Waals surface area contributed by atoms with Crippen molar-refractivity contribution in [2.75, 3.05) is 0 Å². The van der Waals surface area contributed by atoms with E-state index in [9.17, 15) is 0 Å². The lowest BCUT2D eigenvalue weighted by Gasteiger charge is -2.15. The van der Waals surface area contributed by atoms with Gasteiger partial charge in [0.15, 0.2) is 0 Å². The van der Waals surface area contributed by atoms with Gasteiger partial charge in [-0.25, -0.2) is 0 Å². The monoisotopic (exact) mass is 331 g/mol. The molecule has 1 aromatic rings.